The van der Waals surface area contributed by atoms with Crippen LogP contribution in [0.3, 0.4) is 0 Å². The Labute approximate surface area is 153 Å². The molecular weight excluding hydrogens is 313 g/mol. The van der Waals surface area contributed by atoms with Crippen LogP contribution in [0.15, 0.2) is 29.7 Å². The number of hydrogen-bond donors (Lipinski definition) is 1. The van der Waals surface area contributed by atoms with Crippen LogP contribution in [0.4, 0.5) is 0 Å². The van der Waals surface area contributed by atoms with E-state index in [0.29, 0.717) is 6.54 Å². The van der Waals surface area contributed by atoms with E-state index in [1.807, 2.05) is 40.0 Å². The number of benzene rings is 1. The predicted molar refractivity (Wildman–Crippen MR) is 105 cm³/mol. The molecule has 0 bridgehead atoms. The first-order chi connectivity index (χ1) is 11.4. The second-order valence-electron chi connectivity index (χ2n) is 8.62. The summed E-state index contributed by atoms with van der Waals surface area (Å²) in [7, 11) is 1.59. The van der Waals surface area contributed by atoms with Crippen molar-refractivity contribution in [3.05, 3.63) is 35.3 Å². The third kappa shape index (κ3) is 5.10. The minimum Gasteiger partial charge on any atom is -0.488 e. The summed E-state index contributed by atoms with van der Waals surface area (Å²) in [6.07, 6.45) is 2.12. The molecule has 1 aromatic carbocycles. The zero-order valence-corrected chi connectivity index (χ0v) is 16.9. The molecule has 0 aromatic heterocycles. The smallest absolute Gasteiger partial charge is 0.488 e. The molecule has 1 aliphatic heterocycles. The van der Waals surface area contributed by atoms with Crippen molar-refractivity contribution in [3.8, 4) is 5.75 Å². The zero-order valence-electron chi connectivity index (χ0n) is 16.9. The Balaban J connectivity index is 2.20. The van der Waals surface area contributed by atoms with Gasteiger partial charge in [0.15, 0.2) is 0 Å². The third-order valence-electron chi connectivity index (χ3n) is 4.59. The third-order valence-corrected chi connectivity index (χ3v) is 4.59. The molecule has 5 heteroatoms. The van der Waals surface area contributed by atoms with Crippen LogP contribution in [0.1, 0.15) is 54.0 Å². The summed E-state index contributed by atoms with van der Waals surface area (Å²) < 4.78 is 18.3. The van der Waals surface area contributed by atoms with E-state index in [1.54, 1.807) is 0 Å². The fourth-order valence-electron chi connectivity index (χ4n) is 2.60. The first-order valence-electron chi connectivity index (χ1n) is 8.93. The molecule has 0 amide bonds. The molecule has 0 radical (unpaired) electrons. The van der Waals surface area contributed by atoms with E-state index in [2.05, 4.69) is 51.2 Å². The first-order valence-corrected chi connectivity index (χ1v) is 8.93. The van der Waals surface area contributed by atoms with E-state index >= 15 is 0 Å². The van der Waals surface area contributed by atoms with Crippen molar-refractivity contribution >= 4 is 13.2 Å². The lowest BCUT2D eigenvalue weighted by atomic mass is 9.77. The largest absolute Gasteiger partial charge is 0.491 e. The maximum atomic E-state index is 6.19. The van der Waals surface area contributed by atoms with Crippen LogP contribution in [-0.2, 0) is 9.31 Å². The highest BCUT2D eigenvalue weighted by molar-refractivity contribution is 6.55. The van der Waals surface area contributed by atoms with Gasteiger partial charge >= 0.3 is 7.12 Å². The fraction of sp³-hybridized carbons (Fsp3) is 0.600. The summed E-state index contributed by atoms with van der Waals surface area (Å²) in [5.74, 6) is 0.871. The second-order valence-corrected chi connectivity index (χ2v) is 8.62. The van der Waals surface area contributed by atoms with Gasteiger partial charge in [-0.2, -0.15) is 0 Å². The number of hydrogen-bond acceptors (Lipinski definition) is 4. The summed E-state index contributed by atoms with van der Waals surface area (Å²) >= 11 is 0. The Morgan fingerprint density at radius 3 is 2.04 bits per heavy atom. The van der Waals surface area contributed by atoms with Gasteiger partial charge in [-0.1, -0.05) is 18.2 Å². The molecule has 0 atom stereocenters. The van der Waals surface area contributed by atoms with Gasteiger partial charge in [0, 0.05) is 6.54 Å². The van der Waals surface area contributed by atoms with Crippen molar-refractivity contribution in [1.82, 2.24) is 5.32 Å². The molecule has 1 aromatic rings. The van der Waals surface area contributed by atoms with Gasteiger partial charge in [-0.05, 0) is 78.7 Å². The van der Waals surface area contributed by atoms with Gasteiger partial charge in [0.25, 0.3) is 0 Å². The second kappa shape index (κ2) is 7.14. The molecule has 1 aliphatic rings. The Hall–Kier alpha value is -1.30. The maximum absolute atomic E-state index is 6.19. The van der Waals surface area contributed by atoms with Crippen molar-refractivity contribution in [2.24, 2.45) is 0 Å². The molecule has 2 rings (SSSR count). The molecule has 4 nitrogen and oxygen atoms in total. The number of rotatable bonds is 5. The molecule has 138 valence electrons. The van der Waals surface area contributed by atoms with Crippen LogP contribution >= 0.6 is 0 Å². The van der Waals surface area contributed by atoms with Gasteiger partial charge in [-0.25, -0.2) is 0 Å². The van der Waals surface area contributed by atoms with Crippen LogP contribution < -0.4 is 10.1 Å². The highest BCUT2D eigenvalue weighted by atomic mass is 16.7. The van der Waals surface area contributed by atoms with E-state index < -0.39 is 0 Å². The van der Waals surface area contributed by atoms with Crippen LogP contribution in [-0.4, -0.2) is 37.5 Å². The summed E-state index contributed by atoms with van der Waals surface area (Å²) in [5.41, 5.74) is 1.30. The SMILES string of the molecule is CNCC(=Cc1ccc(OC(C)(C)C)cc1)B1OC(C)(C)C(C)(C)O1. The van der Waals surface area contributed by atoms with Gasteiger partial charge in [0.2, 0.25) is 0 Å². The molecule has 25 heavy (non-hydrogen) atoms. The van der Waals surface area contributed by atoms with Crippen molar-refractivity contribution < 1.29 is 14.0 Å². The van der Waals surface area contributed by atoms with E-state index in [1.165, 1.54) is 0 Å². The van der Waals surface area contributed by atoms with Gasteiger partial charge in [-0.15, -0.1) is 0 Å². The van der Waals surface area contributed by atoms with Crippen molar-refractivity contribution in [2.75, 3.05) is 13.6 Å². The van der Waals surface area contributed by atoms with Crippen molar-refractivity contribution in [3.63, 3.8) is 0 Å². The molecule has 0 spiro atoms. The lowest BCUT2D eigenvalue weighted by Gasteiger charge is -2.32. The number of likely N-dealkylation sites (N-methyl/N-ethyl adjacent to an activating group) is 1. The van der Waals surface area contributed by atoms with E-state index in [9.17, 15) is 0 Å². The topological polar surface area (TPSA) is 39.7 Å². The number of ether oxygens (including phenoxy) is 1. The monoisotopic (exact) mass is 345 g/mol. The van der Waals surface area contributed by atoms with Crippen molar-refractivity contribution in [2.45, 2.75) is 65.3 Å². The minimum absolute atomic E-state index is 0.197. The van der Waals surface area contributed by atoms with E-state index in [0.717, 1.165) is 16.8 Å². The van der Waals surface area contributed by atoms with E-state index in [4.69, 9.17) is 14.0 Å². The van der Waals surface area contributed by atoms with E-state index in [-0.39, 0.29) is 23.9 Å². The normalized spacial score (nSPS) is 20.0. The predicted octanol–water partition coefficient (Wildman–Crippen LogP) is 4.10. The molecule has 1 saturated heterocycles. The molecule has 0 saturated carbocycles. The average molecular weight is 345 g/mol. The molecule has 0 unspecified atom stereocenters. The lowest BCUT2D eigenvalue weighted by molar-refractivity contribution is 0.00578. The Morgan fingerprint density at radius 1 is 1.08 bits per heavy atom. The summed E-state index contributed by atoms with van der Waals surface area (Å²) in [6, 6.07) is 8.11. The molecule has 1 heterocycles. The summed E-state index contributed by atoms with van der Waals surface area (Å²) in [4.78, 5) is 0. The minimum atomic E-state index is -0.344. The number of nitrogens with one attached hydrogen (secondary N) is 1. The lowest BCUT2D eigenvalue weighted by Crippen LogP contribution is -2.41. The maximum Gasteiger partial charge on any atom is 0.491 e. The van der Waals surface area contributed by atoms with Crippen LogP contribution in [0.25, 0.3) is 6.08 Å². The van der Waals surface area contributed by atoms with Crippen molar-refractivity contribution in [1.29, 1.82) is 0 Å². The Bertz CT molecular complexity index is 599. The quantitative estimate of drug-likeness (QED) is 0.816. The zero-order chi connectivity index (χ0) is 18.9. The average Bonchev–Trinajstić information content (AvgIpc) is 2.67. The standard InChI is InChI=1S/C20H32BNO3/c1-18(2,3)23-17-11-9-15(10-12-17)13-16(14-22-8)21-24-19(4,5)20(6,7)25-21/h9-13,22H,14H2,1-8H3. The molecular formula is C20H32BNO3. The van der Waals surface area contributed by atoms with Gasteiger partial charge < -0.3 is 19.4 Å². The molecule has 1 N–H and O–H groups in total. The van der Waals surface area contributed by atoms with Gasteiger partial charge in [-0.3, -0.25) is 0 Å². The highest BCUT2D eigenvalue weighted by Crippen LogP contribution is 2.38. The highest BCUT2D eigenvalue weighted by Gasteiger charge is 2.52. The van der Waals surface area contributed by atoms with Crippen LogP contribution in [0.5, 0.6) is 5.75 Å². The molecule has 1 fully saturated rings. The van der Waals surface area contributed by atoms with Crippen LogP contribution in [0, 0.1) is 0 Å². The Morgan fingerprint density at radius 2 is 1.60 bits per heavy atom. The van der Waals surface area contributed by atoms with Gasteiger partial charge in [0.05, 0.1) is 11.2 Å². The molecule has 0 aliphatic carbocycles. The van der Waals surface area contributed by atoms with Gasteiger partial charge in [0.1, 0.15) is 11.4 Å². The summed E-state index contributed by atoms with van der Waals surface area (Å²) in [5, 5.41) is 3.21. The van der Waals surface area contributed by atoms with Crippen LogP contribution in [0.2, 0.25) is 0 Å². The Kier molecular flexibility index (Phi) is 5.72. The fourth-order valence-corrected chi connectivity index (χ4v) is 2.60. The summed E-state index contributed by atoms with van der Waals surface area (Å²) in [6.45, 7) is 15.1. The first kappa shape index (κ1) is 20.0.